The molecule has 6 nitrogen and oxygen atoms in total. The smallest absolute Gasteiger partial charge is 0.203 e. The number of nitrogens with zero attached hydrogens (tertiary/aromatic N) is 3. The Hall–Kier alpha value is -1.56. The molecule has 1 rings (SSSR count). The van der Waals surface area contributed by atoms with Gasteiger partial charge in [-0.25, -0.2) is 15.8 Å². The number of aromatic nitrogens is 2. The van der Waals surface area contributed by atoms with Gasteiger partial charge in [-0.05, 0) is 0 Å². The van der Waals surface area contributed by atoms with Crippen molar-refractivity contribution in [2.24, 2.45) is 23.6 Å². The van der Waals surface area contributed by atoms with E-state index in [0.29, 0.717) is 6.54 Å². The first-order valence-corrected chi connectivity index (χ1v) is 3.46. The van der Waals surface area contributed by atoms with E-state index in [9.17, 15) is 0 Å². The number of nitrogens with one attached hydrogen (secondary N) is 1. The highest BCUT2D eigenvalue weighted by Crippen LogP contribution is 1.95. The topological polar surface area (TPSA) is 94.2 Å². The zero-order valence-electron chi connectivity index (χ0n) is 6.86. The summed E-state index contributed by atoms with van der Waals surface area (Å²) in [7, 11) is 1.89. The van der Waals surface area contributed by atoms with Crippen molar-refractivity contribution < 1.29 is 0 Å². The number of hydrazine groups is 1. The van der Waals surface area contributed by atoms with E-state index < -0.39 is 0 Å². The van der Waals surface area contributed by atoms with Crippen LogP contribution in [-0.4, -0.2) is 15.5 Å². The molecule has 0 unspecified atom stereocenters. The Balaban J connectivity index is 2.59. The number of guanidine groups is 1. The Morgan fingerprint density at radius 3 is 3.08 bits per heavy atom. The maximum Gasteiger partial charge on any atom is 0.203 e. The quantitative estimate of drug-likeness (QED) is 0.221. The van der Waals surface area contributed by atoms with Crippen LogP contribution in [0.15, 0.2) is 17.4 Å². The molecule has 0 saturated carbocycles. The summed E-state index contributed by atoms with van der Waals surface area (Å²) in [6, 6.07) is 0. The van der Waals surface area contributed by atoms with Crippen LogP contribution < -0.4 is 17.0 Å². The first-order valence-electron chi connectivity index (χ1n) is 3.46. The molecule has 0 atom stereocenters. The van der Waals surface area contributed by atoms with Gasteiger partial charge in [0, 0.05) is 19.4 Å². The second-order valence-corrected chi connectivity index (χ2v) is 2.30. The molecule has 1 heterocycles. The fourth-order valence-electron chi connectivity index (χ4n) is 0.750. The maximum atomic E-state index is 5.32. The highest BCUT2D eigenvalue weighted by molar-refractivity contribution is 5.76. The second kappa shape index (κ2) is 3.72. The number of nitrogens with two attached hydrogens (primary N) is 2. The molecule has 0 aromatic carbocycles. The van der Waals surface area contributed by atoms with Gasteiger partial charge in [0.2, 0.25) is 5.96 Å². The molecule has 0 fully saturated rings. The van der Waals surface area contributed by atoms with Crippen molar-refractivity contribution in [1.82, 2.24) is 15.0 Å². The lowest BCUT2D eigenvalue weighted by molar-refractivity contribution is 0.788. The molecule has 0 aliphatic carbocycles. The summed E-state index contributed by atoms with van der Waals surface area (Å²) in [5, 5.41) is 0. The molecular formula is C6H12N6. The highest BCUT2D eigenvalue weighted by Gasteiger charge is 1.96. The van der Waals surface area contributed by atoms with Crippen LogP contribution in [0.2, 0.25) is 0 Å². The first kappa shape index (κ1) is 8.54. The molecule has 0 spiro atoms. The molecule has 0 aliphatic rings. The summed E-state index contributed by atoms with van der Waals surface area (Å²) >= 11 is 0. The summed E-state index contributed by atoms with van der Waals surface area (Å²) in [6.45, 7) is 0.430. The van der Waals surface area contributed by atoms with Crippen molar-refractivity contribution in [3.63, 3.8) is 0 Å². The van der Waals surface area contributed by atoms with E-state index >= 15 is 0 Å². The van der Waals surface area contributed by atoms with E-state index in [1.165, 1.54) is 0 Å². The average Bonchev–Trinajstić information content (AvgIpc) is 2.47. The van der Waals surface area contributed by atoms with Gasteiger partial charge >= 0.3 is 0 Å². The minimum absolute atomic E-state index is 0.206. The van der Waals surface area contributed by atoms with Crippen LogP contribution in [0.25, 0.3) is 0 Å². The molecule has 1 aromatic rings. The predicted octanol–water partition coefficient (Wildman–Crippen LogP) is -1.30. The van der Waals surface area contributed by atoms with Gasteiger partial charge < -0.3 is 10.3 Å². The Bertz CT molecular complexity index is 275. The monoisotopic (exact) mass is 168 g/mol. The predicted molar refractivity (Wildman–Crippen MR) is 45.9 cm³/mol. The summed E-state index contributed by atoms with van der Waals surface area (Å²) in [6.07, 6.45) is 3.55. The summed E-state index contributed by atoms with van der Waals surface area (Å²) in [5.74, 6) is 6.06. The van der Waals surface area contributed by atoms with Gasteiger partial charge in [0.25, 0.3) is 0 Å². The SMILES string of the molecule is Cn1ccnc1CN=C(N)NN. The van der Waals surface area contributed by atoms with Crippen molar-refractivity contribution in [3.05, 3.63) is 18.2 Å². The van der Waals surface area contributed by atoms with E-state index in [-0.39, 0.29) is 5.96 Å². The lowest BCUT2D eigenvalue weighted by atomic mass is 10.6. The number of hydrogen-bond acceptors (Lipinski definition) is 3. The standard InChI is InChI=1S/C6H12N6/c1-12-3-2-9-5(12)4-10-6(7)11-8/h2-3H,4,8H2,1H3,(H3,7,10,11). The van der Waals surface area contributed by atoms with Crippen molar-refractivity contribution >= 4 is 5.96 Å². The Labute approximate surface area is 70.3 Å². The van der Waals surface area contributed by atoms with Gasteiger partial charge in [-0.3, -0.25) is 5.43 Å². The number of aliphatic imine (C=N–C) groups is 1. The molecule has 0 amide bonds. The third kappa shape index (κ3) is 1.96. The molecule has 12 heavy (non-hydrogen) atoms. The fraction of sp³-hybridized carbons (Fsp3) is 0.333. The molecule has 5 N–H and O–H groups in total. The van der Waals surface area contributed by atoms with Gasteiger partial charge in [0.1, 0.15) is 12.4 Å². The van der Waals surface area contributed by atoms with Crippen LogP contribution in [-0.2, 0) is 13.6 Å². The van der Waals surface area contributed by atoms with Crippen LogP contribution in [0.1, 0.15) is 5.82 Å². The van der Waals surface area contributed by atoms with Crippen LogP contribution in [0.3, 0.4) is 0 Å². The number of imidazole rings is 1. The molecule has 0 saturated heterocycles. The third-order valence-electron chi connectivity index (χ3n) is 1.46. The Kier molecular flexibility index (Phi) is 2.65. The highest BCUT2D eigenvalue weighted by atomic mass is 15.3. The van der Waals surface area contributed by atoms with E-state index in [4.69, 9.17) is 11.6 Å². The molecule has 66 valence electrons. The normalized spacial score (nSPS) is 11.7. The Morgan fingerprint density at radius 1 is 1.83 bits per heavy atom. The lowest BCUT2D eigenvalue weighted by Crippen LogP contribution is -2.37. The van der Waals surface area contributed by atoms with Crippen molar-refractivity contribution in [3.8, 4) is 0 Å². The molecule has 0 radical (unpaired) electrons. The van der Waals surface area contributed by atoms with Crippen molar-refractivity contribution in [2.45, 2.75) is 6.54 Å². The van der Waals surface area contributed by atoms with Gasteiger partial charge in [-0.1, -0.05) is 0 Å². The van der Waals surface area contributed by atoms with Crippen molar-refractivity contribution in [1.29, 1.82) is 0 Å². The van der Waals surface area contributed by atoms with Gasteiger partial charge in [0.05, 0.1) is 0 Å². The van der Waals surface area contributed by atoms with E-state index in [1.807, 2.05) is 17.8 Å². The van der Waals surface area contributed by atoms with E-state index in [0.717, 1.165) is 5.82 Å². The minimum atomic E-state index is 0.206. The summed E-state index contributed by atoms with van der Waals surface area (Å²) in [4.78, 5) is 7.97. The van der Waals surface area contributed by atoms with Crippen LogP contribution >= 0.6 is 0 Å². The van der Waals surface area contributed by atoms with Gasteiger partial charge in [-0.15, -0.1) is 0 Å². The summed E-state index contributed by atoms with van der Waals surface area (Å²) < 4.78 is 1.87. The average molecular weight is 168 g/mol. The van der Waals surface area contributed by atoms with Gasteiger partial charge in [0.15, 0.2) is 0 Å². The molecule has 0 aliphatic heterocycles. The molecular weight excluding hydrogens is 156 g/mol. The second-order valence-electron chi connectivity index (χ2n) is 2.30. The maximum absolute atomic E-state index is 5.32. The number of rotatable bonds is 2. The number of hydrogen-bond donors (Lipinski definition) is 3. The minimum Gasteiger partial charge on any atom is -0.369 e. The van der Waals surface area contributed by atoms with Crippen LogP contribution in [0.4, 0.5) is 0 Å². The van der Waals surface area contributed by atoms with E-state index in [1.54, 1.807) is 6.20 Å². The summed E-state index contributed by atoms with van der Waals surface area (Å²) in [5.41, 5.74) is 7.55. The molecule has 6 heteroatoms. The number of aryl methyl sites for hydroxylation is 1. The van der Waals surface area contributed by atoms with Crippen LogP contribution in [0.5, 0.6) is 0 Å². The van der Waals surface area contributed by atoms with E-state index in [2.05, 4.69) is 15.4 Å². The van der Waals surface area contributed by atoms with Crippen LogP contribution in [0, 0.1) is 0 Å². The fourth-order valence-corrected chi connectivity index (χ4v) is 0.750. The third-order valence-corrected chi connectivity index (χ3v) is 1.46. The van der Waals surface area contributed by atoms with Crippen molar-refractivity contribution in [2.75, 3.05) is 0 Å². The largest absolute Gasteiger partial charge is 0.369 e. The zero-order valence-corrected chi connectivity index (χ0v) is 6.86. The Morgan fingerprint density at radius 2 is 2.58 bits per heavy atom. The zero-order chi connectivity index (χ0) is 8.97. The lowest BCUT2D eigenvalue weighted by Gasteiger charge is -1.99. The molecule has 1 aromatic heterocycles. The van der Waals surface area contributed by atoms with Gasteiger partial charge in [-0.2, -0.15) is 0 Å². The molecule has 0 bridgehead atoms. The first-order chi connectivity index (χ1) is 5.74.